The highest BCUT2D eigenvalue weighted by molar-refractivity contribution is 5.41. The molecule has 2 aromatic carbocycles. The summed E-state index contributed by atoms with van der Waals surface area (Å²) in [5, 5.41) is 0. The Morgan fingerprint density at radius 1 is 1.14 bits per heavy atom. The first-order valence-electron chi connectivity index (χ1n) is 7.86. The topological polar surface area (TPSA) is 35.2 Å². The van der Waals surface area contributed by atoms with Gasteiger partial charge in [0.1, 0.15) is 5.75 Å². The molecule has 0 radical (unpaired) electrons. The lowest BCUT2D eigenvalue weighted by molar-refractivity contribution is 0.340. The first-order chi connectivity index (χ1) is 10.3. The summed E-state index contributed by atoms with van der Waals surface area (Å²) in [6.45, 7) is 2.68. The fraction of sp³-hybridized carbons (Fsp3) is 0.368. The van der Waals surface area contributed by atoms with Gasteiger partial charge in [-0.2, -0.15) is 0 Å². The summed E-state index contributed by atoms with van der Waals surface area (Å²) < 4.78 is 5.59. The lowest BCUT2D eigenvalue weighted by atomic mass is 9.76. The molecule has 1 unspecified atom stereocenters. The standard InChI is InChI=1S/C19H23NO/c1-2-21-16-10-6-9-15(13-16)19(20)18-12-4-3-11-17(18)14-7-5-8-14/h3-4,6,9-14,19H,2,5,7-8,20H2,1H3. The van der Waals surface area contributed by atoms with Crippen molar-refractivity contribution >= 4 is 0 Å². The van der Waals surface area contributed by atoms with E-state index in [0.29, 0.717) is 12.5 Å². The molecule has 0 spiro atoms. The maximum Gasteiger partial charge on any atom is 0.119 e. The fourth-order valence-corrected chi connectivity index (χ4v) is 3.03. The smallest absolute Gasteiger partial charge is 0.119 e. The first kappa shape index (κ1) is 14.2. The molecule has 2 aromatic rings. The van der Waals surface area contributed by atoms with Gasteiger partial charge in [-0.1, -0.05) is 42.8 Å². The monoisotopic (exact) mass is 281 g/mol. The van der Waals surface area contributed by atoms with Crippen LogP contribution in [0, 0.1) is 0 Å². The third kappa shape index (κ3) is 2.96. The predicted molar refractivity (Wildman–Crippen MR) is 86.7 cm³/mol. The van der Waals surface area contributed by atoms with Crippen LogP contribution in [0.15, 0.2) is 48.5 Å². The highest BCUT2D eigenvalue weighted by Gasteiger charge is 2.24. The number of benzene rings is 2. The van der Waals surface area contributed by atoms with Crippen molar-refractivity contribution in [2.24, 2.45) is 5.73 Å². The molecule has 1 aliphatic carbocycles. The van der Waals surface area contributed by atoms with E-state index >= 15 is 0 Å². The molecule has 3 rings (SSSR count). The van der Waals surface area contributed by atoms with Crippen LogP contribution in [0.3, 0.4) is 0 Å². The highest BCUT2D eigenvalue weighted by Crippen LogP contribution is 2.40. The lowest BCUT2D eigenvalue weighted by Gasteiger charge is -2.29. The second-order valence-electron chi connectivity index (χ2n) is 5.74. The quantitative estimate of drug-likeness (QED) is 0.881. The summed E-state index contributed by atoms with van der Waals surface area (Å²) in [4.78, 5) is 0. The molecule has 1 atom stereocenters. The molecule has 110 valence electrons. The van der Waals surface area contributed by atoms with Crippen LogP contribution in [-0.2, 0) is 0 Å². The average molecular weight is 281 g/mol. The van der Waals surface area contributed by atoms with Crippen LogP contribution in [0.4, 0.5) is 0 Å². The molecule has 0 aromatic heterocycles. The van der Waals surface area contributed by atoms with Crippen LogP contribution in [-0.4, -0.2) is 6.61 Å². The van der Waals surface area contributed by atoms with Gasteiger partial charge >= 0.3 is 0 Å². The zero-order chi connectivity index (χ0) is 14.7. The molecule has 21 heavy (non-hydrogen) atoms. The second kappa shape index (κ2) is 6.31. The minimum absolute atomic E-state index is 0.0813. The number of nitrogens with two attached hydrogens (primary N) is 1. The molecule has 0 aliphatic heterocycles. The molecule has 0 bridgehead atoms. The van der Waals surface area contributed by atoms with Crippen LogP contribution in [0.25, 0.3) is 0 Å². The lowest BCUT2D eigenvalue weighted by Crippen LogP contribution is -2.18. The molecule has 1 saturated carbocycles. The van der Waals surface area contributed by atoms with Gasteiger partial charge in [0.05, 0.1) is 12.6 Å². The summed E-state index contributed by atoms with van der Waals surface area (Å²) in [5.41, 5.74) is 10.4. The van der Waals surface area contributed by atoms with Gasteiger partial charge in [0, 0.05) is 0 Å². The second-order valence-corrected chi connectivity index (χ2v) is 5.74. The van der Waals surface area contributed by atoms with E-state index in [0.717, 1.165) is 11.3 Å². The normalized spacial score (nSPS) is 16.3. The highest BCUT2D eigenvalue weighted by atomic mass is 16.5. The molecule has 0 amide bonds. The SMILES string of the molecule is CCOc1cccc(C(N)c2ccccc2C2CCC2)c1. The van der Waals surface area contributed by atoms with Crippen LogP contribution in [0.1, 0.15) is 54.8 Å². The van der Waals surface area contributed by atoms with Crippen molar-refractivity contribution in [3.05, 3.63) is 65.2 Å². The van der Waals surface area contributed by atoms with Crippen LogP contribution in [0.2, 0.25) is 0 Å². The van der Waals surface area contributed by atoms with Gasteiger partial charge in [-0.3, -0.25) is 0 Å². The van der Waals surface area contributed by atoms with Crippen molar-refractivity contribution in [2.45, 2.75) is 38.1 Å². The maximum atomic E-state index is 6.54. The van der Waals surface area contributed by atoms with Crippen molar-refractivity contribution in [2.75, 3.05) is 6.61 Å². The molecule has 1 fully saturated rings. The number of hydrogen-bond acceptors (Lipinski definition) is 2. The molecular formula is C19H23NO. The molecule has 2 nitrogen and oxygen atoms in total. The Kier molecular flexibility index (Phi) is 4.26. The molecule has 1 aliphatic rings. The zero-order valence-corrected chi connectivity index (χ0v) is 12.6. The van der Waals surface area contributed by atoms with E-state index in [-0.39, 0.29) is 6.04 Å². The van der Waals surface area contributed by atoms with E-state index in [2.05, 4.69) is 36.4 Å². The van der Waals surface area contributed by atoms with Crippen LogP contribution < -0.4 is 10.5 Å². The van der Waals surface area contributed by atoms with Gasteiger partial charge < -0.3 is 10.5 Å². The predicted octanol–water partition coefficient (Wildman–Crippen LogP) is 4.40. The number of rotatable bonds is 5. The molecule has 2 heteroatoms. The molecular weight excluding hydrogens is 258 g/mol. The third-order valence-electron chi connectivity index (χ3n) is 4.40. The number of ether oxygens (including phenoxy) is 1. The summed E-state index contributed by atoms with van der Waals surface area (Å²) >= 11 is 0. The average Bonchev–Trinajstić information content (AvgIpc) is 2.46. The van der Waals surface area contributed by atoms with Gasteiger partial charge in [0.2, 0.25) is 0 Å². The summed E-state index contributed by atoms with van der Waals surface area (Å²) in [6.07, 6.45) is 3.93. The summed E-state index contributed by atoms with van der Waals surface area (Å²) in [5.74, 6) is 1.59. The van der Waals surface area contributed by atoms with E-state index in [1.807, 2.05) is 19.1 Å². The van der Waals surface area contributed by atoms with E-state index in [1.54, 1.807) is 0 Å². The van der Waals surface area contributed by atoms with E-state index < -0.39 is 0 Å². The molecule has 0 heterocycles. The van der Waals surface area contributed by atoms with Crippen LogP contribution >= 0.6 is 0 Å². The van der Waals surface area contributed by atoms with Crippen molar-refractivity contribution < 1.29 is 4.74 Å². The first-order valence-corrected chi connectivity index (χ1v) is 7.86. The molecule has 2 N–H and O–H groups in total. The van der Waals surface area contributed by atoms with Gasteiger partial charge in [-0.15, -0.1) is 0 Å². The van der Waals surface area contributed by atoms with Gasteiger partial charge in [0.25, 0.3) is 0 Å². The van der Waals surface area contributed by atoms with E-state index in [4.69, 9.17) is 10.5 Å². The Morgan fingerprint density at radius 2 is 1.95 bits per heavy atom. The van der Waals surface area contributed by atoms with E-state index in [9.17, 15) is 0 Å². The maximum absolute atomic E-state index is 6.54. The van der Waals surface area contributed by atoms with Crippen molar-refractivity contribution in [1.29, 1.82) is 0 Å². The Balaban J connectivity index is 1.91. The van der Waals surface area contributed by atoms with Crippen molar-refractivity contribution in [3.8, 4) is 5.75 Å². The Labute approximate surface area is 126 Å². The van der Waals surface area contributed by atoms with Gasteiger partial charge in [-0.25, -0.2) is 0 Å². The van der Waals surface area contributed by atoms with E-state index in [1.165, 1.54) is 30.4 Å². The van der Waals surface area contributed by atoms with Crippen molar-refractivity contribution in [1.82, 2.24) is 0 Å². The zero-order valence-electron chi connectivity index (χ0n) is 12.6. The largest absolute Gasteiger partial charge is 0.494 e. The third-order valence-corrected chi connectivity index (χ3v) is 4.40. The Bertz CT molecular complexity index is 604. The van der Waals surface area contributed by atoms with Crippen molar-refractivity contribution in [3.63, 3.8) is 0 Å². The van der Waals surface area contributed by atoms with Gasteiger partial charge in [0.15, 0.2) is 0 Å². The summed E-state index contributed by atoms with van der Waals surface area (Å²) in [6, 6.07) is 16.7. The Morgan fingerprint density at radius 3 is 2.67 bits per heavy atom. The summed E-state index contributed by atoms with van der Waals surface area (Å²) in [7, 11) is 0. The minimum Gasteiger partial charge on any atom is -0.494 e. The van der Waals surface area contributed by atoms with Gasteiger partial charge in [-0.05, 0) is 54.5 Å². The van der Waals surface area contributed by atoms with Crippen LogP contribution in [0.5, 0.6) is 5.75 Å². The minimum atomic E-state index is -0.0813. The fourth-order valence-electron chi connectivity index (χ4n) is 3.03. The number of hydrogen-bond donors (Lipinski definition) is 1. The molecule has 0 saturated heterocycles. The Hall–Kier alpha value is -1.80.